The molecule has 0 radical (unpaired) electrons. The van der Waals surface area contributed by atoms with Crippen molar-refractivity contribution in [2.24, 2.45) is 10.7 Å². The van der Waals surface area contributed by atoms with Crippen molar-refractivity contribution < 1.29 is 9.53 Å². The molecule has 122 valence electrons. The monoisotopic (exact) mass is 385 g/mol. The van der Waals surface area contributed by atoms with Gasteiger partial charge in [0.2, 0.25) is 0 Å². The van der Waals surface area contributed by atoms with Crippen LogP contribution < -0.4 is 10.5 Å². The first kappa shape index (κ1) is 15.2. The van der Waals surface area contributed by atoms with Crippen LogP contribution in [0.15, 0.2) is 51.9 Å². The van der Waals surface area contributed by atoms with Crippen LogP contribution in [-0.2, 0) is 16.8 Å². The predicted octanol–water partition coefficient (Wildman–Crippen LogP) is 2.41. The zero-order valence-corrected chi connectivity index (χ0v) is 14.7. The number of hydrogen-bond acceptors (Lipinski definition) is 4. The summed E-state index contributed by atoms with van der Waals surface area (Å²) in [5.41, 5.74) is 7.52. The van der Waals surface area contributed by atoms with E-state index in [-0.39, 0.29) is 11.9 Å². The van der Waals surface area contributed by atoms with Crippen molar-refractivity contribution in [1.29, 1.82) is 0 Å². The number of likely N-dealkylation sites (N-methyl/N-ethyl adjacent to an activating group) is 1. The normalized spacial score (nSPS) is 22.3. The first-order valence-electron chi connectivity index (χ1n) is 7.68. The number of benzene rings is 2. The van der Waals surface area contributed by atoms with Gasteiger partial charge in [-0.3, -0.25) is 9.69 Å². The lowest BCUT2D eigenvalue weighted by Crippen LogP contribution is -2.41. The molecular weight excluding hydrogens is 370 g/mol. The average molecular weight is 386 g/mol. The van der Waals surface area contributed by atoms with E-state index in [1.54, 1.807) is 7.05 Å². The number of nitrogens with zero attached hydrogens (tertiary/aromatic N) is 2. The highest BCUT2D eigenvalue weighted by molar-refractivity contribution is 9.10. The molecule has 4 rings (SSSR count). The van der Waals surface area contributed by atoms with E-state index in [4.69, 9.17) is 10.5 Å². The van der Waals surface area contributed by atoms with Gasteiger partial charge in [-0.05, 0) is 41.0 Å². The molecule has 2 aliphatic rings. The van der Waals surface area contributed by atoms with Crippen LogP contribution in [0.4, 0.5) is 0 Å². The number of ether oxygens (including phenoxy) is 1. The van der Waals surface area contributed by atoms with Crippen molar-refractivity contribution in [1.82, 2.24) is 4.90 Å². The van der Waals surface area contributed by atoms with Gasteiger partial charge in [-0.1, -0.05) is 34.1 Å². The van der Waals surface area contributed by atoms with Crippen molar-refractivity contribution in [2.45, 2.75) is 12.0 Å². The van der Waals surface area contributed by atoms with E-state index in [2.05, 4.69) is 20.9 Å². The van der Waals surface area contributed by atoms with E-state index >= 15 is 0 Å². The summed E-state index contributed by atoms with van der Waals surface area (Å²) in [6.07, 6.45) is 0.834. The molecular formula is C18H16BrN3O2. The molecule has 0 aliphatic carbocycles. The fraction of sp³-hybridized carbons (Fsp3) is 0.222. The Hall–Kier alpha value is -2.34. The summed E-state index contributed by atoms with van der Waals surface area (Å²) in [7, 11) is 1.65. The van der Waals surface area contributed by atoms with Crippen LogP contribution in [0.2, 0.25) is 0 Å². The van der Waals surface area contributed by atoms with Gasteiger partial charge in [-0.15, -0.1) is 0 Å². The molecule has 2 aromatic carbocycles. The maximum Gasteiger partial charge on any atom is 0.266 e. The number of amides is 1. The third kappa shape index (κ3) is 2.06. The summed E-state index contributed by atoms with van der Waals surface area (Å²) < 4.78 is 6.47. The van der Waals surface area contributed by atoms with Crippen molar-refractivity contribution in [3.05, 3.63) is 63.6 Å². The Balaban J connectivity index is 1.97. The van der Waals surface area contributed by atoms with Gasteiger partial charge in [0.1, 0.15) is 5.75 Å². The molecule has 0 aromatic heterocycles. The standard InChI is InChI=1S/C18H16BrN3O2/c1-22-16(23)18(21-17(22)20,12-3-2-4-14(19)10-12)13-5-6-15-11(9-13)7-8-24-15/h2-6,9-10H,7-8H2,1H3,(H2,20,21). The molecule has 1 atom stereocenters. The minimum absolute atomic E-state index is 0.156. The number of halogens is 1. The van der Waals surface area contributed by atoms with E-state index in [0.29, 0.717) is 6.61 Å². The molecule has 24 heavy (non-hydrogen) atoms. The van der Waals surface area contributed by atoms with Gasteiger partial charge in [0, 0.05) is 17.9 Å². The predicted molar refractivity (Wildman–Crippen MR) is 95.0 cm³/mol. The van der Waals surface area contributed by atoms with E-state index in [0.717, 1.165) is 33.3 Å². The summed E-state index contributed by atoms with van der Waals surface area (Å²) in [4.78, 5) is 19.1. The fourth-order valence-corrected chi connectivity index (χ4v) is 3.71. The molecule has 0 saturated carbocycles. The third-order valence-electron chi connectivity index (χ3n) is 4.59. The smallest absolute Gasteiger partial charge is 0.266 e. The highest BCUT2D eigenvalue weighted by Gasteiger charge is 2.49. The van der Waals surface area contributed by atoms with Crippen LogP contribution in [0, 0.1) is 0 Å². The lowest BCUT2D eigenvalue weighted by Gasteiger charge is -2.26. The zero-order chi connectivity index (χ0) is 16.9. The van der Waals surface area contributed by atoms with Crippen LogP contribution in [0.1, 0.15) is 16.7 Å². The molecule has 2 aliphatic heterocycles. The van der Waals surface area contributed by atoms with Gasteiger partial charge in [-0.25, -0.2) is 4.99 Å². The Bertz CT molecular complexity index is 880. The van der Waals surface area contributed by atoms with Gasteiger partial charge >= 0.3 is 0 Å². The van der Waals surface area contributed by atoms with Gasteiger partial charge < -0.3 is 10.5 Å². The maximum atomic E-state index is 13.1. The van der Waals surface area contributed by atoms with Gasteiger partial charge in [-0.2, -0.15) is 0 Å². The molecule has 2 N–H and O–H groups in total. The van der Waals surface area contributed by atoms with E-state index in [1.165, 1.54) is 4.90 Å². The number of carbonyl (C=O) groups is 1. The lowest BCUT2D eigenvalue weighted by molar-refractivity contribution is -0.129. The molecule has 0 bridgehead atoms. The van der Waals surface area contributed by atoms with Crippen molar-refractivity contribution >= 4 is 27.8 Å². The minimum atomic E-state index is -1.15. The minimum Gasteiger partial charge on any atom is -0.493 e. The molecule has 0 spiro atoms. The number of hydrogen-bond donors (Lipinski definition) is 1. The van der Waals surface area contributed by atoms with Crippen LogP contribution >= 0.6 is 15.9 Å². The van der Waals surface area contributed by atoms with Gasteiger partial charge in [0.15, 0.2) is 11.5 Å². The third-order valence-corrected chi connectivity index (χ3v) is 5.08. The van der Waals surface area contributed by atoms with Crippen molar-refractivity contribution in [3.63, 3.8) is 0 Å². The molecule has 6 heteroatoms. The molecule has 0 fully saturated rings. The quantitative estimate of drug-likeness (QED) is 0.862. The number of fused-ring (bicyclic) bond motifs is 1. The Labute approximate surface area is 148 Å². The van der Waals surface area contributed by atoms with E-state index in [1.807, 2.05) is 42.5 Å². The first-order chi connectivity index (χ1) is 11.5. The van der Waals surface area contributed by atoms with Crippen molar-refractivity contribution in [3.8, 4) is 5.75 Å². The second-order valence-corrected chi connectivity index (χ2v) is 6.89. The van der Waals surface area contributed by atoms with Crippen LogP contribution in [-0.4, -0.2) is 30.4 Å². The molecule has 2 heterocycles. The number of nitrogens with two attached hydrogens (primary N) is 1. The van der Waals surface area contributed by atoms with Crippen molar-refractivity contribution in [2.75, 3.05) is 13.7 Å². The highest BCUT2D eigenvalue weighted by atomic mass is 79.9. The average Bonchev–Trinajstić information content (AvgIpc) is 3.13. The number of rotatable bonds is 2. The van der Waals surface area contributed by atoms with Crippen LogP contribution in [0.5, 0.6) is 5.75 Å². The zero-order valence-electron chi connectivity index (χ0n) is 13.1. The summed E-state index contributed by atoms with van der Waals surface area (Å²) in [6.45, 7) is 0.669. The highest BCUT2D eigenvalue weighted by Crippen LogP contribution is 2.42. The lowest BCUT2D eigenvalue weighted by atomic mass is 9.82. The Morgan fingerprint density at radius 3 is 2.75 bits per heavy atom. The number of aliphatic imine (C=N–C) groups is 1. The molecule has 0 saturated heterocycles. The Kier molecular flexibility index (Phi) is 3.38. The number of guanidine groups is 1. The van der Waals surface area contributed by atoms with Crippen LogP contribution in [0.25, 0.3) is 0 Å². The van der Waals surface area contributed by atoms with Gasteiger partial charge in [0.25, 0.3) is 5.91 Å². The summed E-state index contributed by atoms with van der Waals surface area (Å²) in [5, 5.41) is 0. The largest absolute Gasteiger partial charge is 0.493 e. The topological polar surface area (TPSA) is 67.9 Å². The summed E-state index contributed by atoms with van der Waals surface area (Å²) >= 11 is 3.48. The summed E-state index contributed by atoms with van der Waals surface area (Å²) in [6, 6.07) is 13.5. The second kappa shape index (κ2) is 5.34. The molecule has 2 aromatic rings. The van der Waals surface area contributed by atoms with E-state index < -0.39 is 5.54 Å². The maximum absolute atomic E-state index is 13.1. The van der Waals surface area contributed by atoms with Gasteiger partial charge in [0.05, 0.1) is 6.61 Å². The first-order valence-corrected chi connectivity index (χ1v) is 8.47. The molecule has 1 unspecified atom stereocenters. The summed E-state index contributed by atoms with van der Waals surface area (Å²) in [5.74, 6) is 0.938. The second-order valence-electron chi connectivity index (χ2n) is 5.98. The molecule has 5 nitrogen and oxygen atoms in total. The fourth-order valence-electron chi connectivity index (χ4n) is 3.31. The Morgan fingerprint density at radius 1 is 1.25 bits per heavy atom. The van der Waals surface area contributed by atoms with E-state index in [9.17, 15) is 4.79 Å². The van der Waals surface area contributed by atoms with Crippen LogP contribution in [0.3, 0.4) is 0 Å². The number of carbonyl (C=O) groups excluding carboxylic acids is 1. The Morgan fingerprint density at radius 2 is 2.04 bits per heavy atom. The molecule has 1 amide bonds. The SMILES string of the molecule is CN1C(=O)C(c2cccc(Br)c2)(c2ccc3c(c2)CCO3)N=C1N.